The zero-order chi connectivity index (χ0) is 26.4. The van der Waals surface area contributed by atoms with Gasteiger partial charge in [-0.25, -0.2) is 4.39 Å². The zero-order valence-corrected chi connectivity index (χ0v) is 21.2. The van der Waals surface area contributed by atoms with E-state index in [1.165, 1.54) is 32.0 Å². The number of rotatable bonds is 7. The van der Waals surface area contributed by atoms with E-state index in [1.54, 1.807) is 17.9 Å². The van der Waals surface area contributed by atoms with Crippen LogP contribution in [-0.4, -0.2) is 50.5 Å². The zero-order valence-electron chi connectivity index (χ0n) is 21.2. The predicted octanol–water partition coefficient (Wildman–Crippen LogP) is 3.19. The molecular weight excluding hydrogens is 467 g/mol. The van der Waals surface area contributed by atoms with Crippen molar-refractivity contribution in [1.82, 2.24) is 20.7 Å². The van der Waals surface area contributed by atoms with Gasteiger partial charge in [-0.05, 0) is 72.4 Å². The third-order valence-electron chi connectivity index (χ3n) is 7.15. The Balaban J connectivity index is 1.41. The van der Waals surface area contributed by atoms with Crippen molar-refractivity contribution in [1.29, 1.82) is 0 Å². The Labute approximate surface area is 209 Å². The molecule has 2 fully saturated rings. The lowest BCUT2D eigenvalue weighted by molar-refractivity contribution is -0.124. The highest BCUT2D eigenvalue weighted by molar-refractivity contribution is 5.99. The minimum Gasteiger partial charge on any atom is -0.384 e. The first-order chi connectivity index (χ1) is 16.8. The number of nitrogens with zero attached hydrogens (tertiary/aromatic N) is 2. The van der Waals surface area contributed by atoms with Gasteiger partial charge in [-0.1, -0.05) is 11.2 Å². The molecule has 1 aromatic carbocycles. The van der Waals surface area contributed by atoms with Gasteiger partial charge in [0.15, 0.2) is 0 Å². The second kappa shape index (κ2) is 9.31. The van der Waals surface area contributed by atoms with Crippen molar-refractivity contribution in [2.75, 3.05) is 0 Å². The number of amides is 3. The van der Waals surface area contributed by atoms with Crippen LogP contribution in [0.5, 0.6) is 0 Å². The fraction of sp³-hybridized carbons (Fsp3) is 0.538. The van der Waals surface area contributed by atoms with E-state index in [4.69, 9.17) is 4.52 Å². The van der Waals surface area contributed by atoms with Gasteiger partial charge in [0.05, 0.1) is 6.04 Å². The van der Waals surface area contributed by atoms with Crippen molar-refractivity contribution in [2.24, 2.45) is 0 Å². The number of aromatic nitrogens is 1. The lowest BCUT2D eigenvalue weighted by Crippen LogP contribution is -2.49. The molecule has 194 valence electrons. The fourth-order valence-corrected chi connectivity index (χ4v) is 4.65. The Morgan fingerprint density at radius 2 is 1.83 bits per heavy atom. The van der Waals surface area contributed by atoms with Gasteiger partial charge in [0.1, 0.15) is 22.7 Å². The van der Waals surface area contributed by atoms with E-state index in [-0.39, 0.29) is 40.6 Å². The fourth-order valence-electron chi connectivity index (χ4n) is 4.65. The van der Waals surface area contributed by atoms with E-state index < -0.39 is 34.8 Å². The van der Waals surface area contributed by atoms with E-state index >= 15 is 4.39 Å². The number of aliphatic hydroxyl groups is 1. The number of halogens is 1. The Morgan fingerprint density at radius 3 is 2.36 bits per heavy atom. The van der Waals surface area contributed by atoms with Crippen LogP contribution in [0.15, 0.2) is 28.8 Å². The molecule has 2 aromatic rings. The maximum atomic E-state index is 15.0. The van der Waals surface area contributed by atoms with Crippen molar-refractivity contribution in [3.63, 3.8) is 0 Å². The summed E-state index contributed by atoms with van der Waals surface area (Å²) in [6.07, 6.45) is 2.69. The van der Waals surface area contributed by atoms with Crippen LogP contribution < -0.4 is 10.6 Å². The Kier molecular flexibility index (Phi) is 6.68. The van der Waals surface area contributed by atoms with Crippen molar-refractivity contribution >= 4 is 17.7 Å². The first-order valence-corrected chi connectivity index (χ1v) is 12.3. The van der Waals surface area contributed by atoms with Gasteiger partial charge < -0.3 is 25.2 Å². The normalized spacial score (nSPS) is 21.7. The first-order valence-electron chi connectivity index (χ1n) is 12.3. The average molecular weight is 501 g/mol. The first kappa shape index (κ1) is 25.8. The third-order valence-corrected chi connectivity index (χ3v) is 7.15. The van der Waals surface area contributed by atoms with Gasteiger partial charge in [0.25, 0.3) is 11.8 Å². The van der Waals surface area contributed by atoms with Gasteiger partial charge in [-0.15, -0.1) is 0 Å². The van der Waals surface area contributed by atoms with Gasteiger partial charge in [-0.3, -0.25) is 14.4 Å². The SMILES string of the molecule is C[C@@H]1CC[C@H](C)N1C(=O)c1ccc([C@@H](C)NC(=O)C2(NC(=O)c3cc(C(C)(C)O)no3)CC2)c(F)c1. The van der Waals surface area contributed by atoms with Crippen molar-refractivity contribution in [3.8, 4) is 0 Å². The lowest BCUT2D eigenvalue weighted by Gasteiger charge is -2.26. The smallest absolute Gasteiger partial charge is 0.290 e. The largest absolute Gasteiger partial charge is 0.384 e. The number of nitrogens with one attached hydrogen (secondary N) is 2. The van der Waals surface area contributed by atoms with Crippen LogP contribution >= 0.6 is 0 Å². The summed E-state index contributed by atoms with van der Waals surface area (Å²) in [5.41, 5.74) is -1.68. The van der Waals surface area contributed by atoms with Gasteiger partial charge in [0, 0.05) is 29.3 Å². The molecule has 36 heavy (non-hydrogen) atoms. The maximum Gasteiger partial charge on any atom is 0.290 e. The molecule has 1 aliphatic heterocycles. The molecule has 2 heterocycles. The van der Waals surface area contributed by atoms with Crippen molar-refractivity contribution in [2.45, 2.75) is 89.6 Å². The minimum atomic E-state index is -1.28. The van der Waals surface area contributed by atoms with Crippen LogP contribution in [0.1, 0.15) is 98.5 Å². The summed E-state index contributed by atoms with van der Waals surface area (Å²) in [7, 11) is 0. The monoisotopic (exact) mass is 500 g/mol. The lowest BCUT2D eigenvalue weighted by atomic mass is 10.0. The highest BCUT2D eigenvalue weighted by Gasteiger charge is 2.52. The van der Waals surface area contributed by atoms with E-state index in [9.17, 15) is 19.5 Å². The van der Waals surface area contributed by atoms with Crippen molar-refractivity contribution < 1.29 is 28.4 Å². The number of likely N-dealkylation sites (tertiary alicyclic amines) is 1. The maximum absolute atomic E-state index is 15.0. The molecule has 10 heteroatoms. The molecule has 1 saturated carbocycles. The third kappa shape index (κ3) is 5.00. The quantitative estimate of drug-likeness (QED) is 0.536. The predicted molar refractivity (Wildman–Crippen MR) is 128 cm³/mol. The summed E-state index contributed by atoms with van der Waals surface area (Å²) in [6, 6.07) is 5.18. The standard InChI is InChI=1S/C26H33FN4O5/c1-14-6-7-15(2)31(14)23(33)17-8-9-18(19(27)12-17)16(3)28-24(34)26(10-11-26)29-22(32)20-13-21(30-36-20)25(4,5)35/h8-9,12-16,35H,6-7,10-11H2,1-5H3,(H,28,34)(H,29,32)/t14-,15+,16-/m1/s1. The van der Waals surface area contributed by atoms with E-state index in [0.29, 0.717) is 12.8 Å². The highest BCUT2D eigenvalue weighted by Crippen LogP contribution is 2.37. The molecule has 3 atom stereocenters. The molecule has 1 aliphatic carbocycles. The topological polar surface area (TPSA) is 125 Å². The summed E-state index contributed by atoms with van der Waals surface area (Å²) in [5, 5.41) is 19.1. The molecule has 0 radical (unpaired) electrons. The summed E-state index contributed by atoms with van der Waals surface area (Å²) >= 11 is 0. The van der Waals surface area contributed by atoms with Crippen LogP contribution in [-0.2, 0) is 10.4 Å². The van der Waals surface area contributed by atoms with E-state index in [0.717, 1.165) is 12.8 Å². The van der Waals surface area contributed by atoms with Gasteiger partial charge in [0.2, 0.25) is 11.7 Å². The highest BCUT2D eigenvalue weighted by atomic mass is 19.1. The molecule has 9 nitrogen and oxygen atoms in total. The second-order valence-corrected chi connectivity index (χ2v) is 10.6. The molecular formula is C26H33FN4O5. The van der Waals surface area contributed by atoms with Crippen LogP contribution in [0.2, 0.25) is 0 Å². The van der Waals surface area contributed by atoms with Crippen LogP contribution in [0.3, 0.4) is 0 Å². The molecule has 1 aromatic heterocycles. The Bertz CT molecular complexity index is 1170. The van der Waals surface area contributed by atoms with Crippen LogP contribution in [0.25, 0.3) is 0 Å². The number of carbonyl (C=O) groups is 3. The van der Waals surface area contributed by atoms with Crippen LogP contribution in [0, 0.1) is 5.82 Å². The van der Waals surface area contributed by atoms with Crippen molar-refractivity contribution in [3.05, 3.63) is 52.7 Å². The molecule has 2 aliphatic rings. The number of hydrogen-bond donors (Lipinski definition) is 3. The molecule has 0 bridgehead atoms. The summed E-state index contributed by atoms with van der Waals surface area (Å²) in [5.74, 6) is -1.97. The Morgan fingerprint density at radius 1 is 1.19 bits per heavy atom. The second-order valence-electron chi connectivity index (χ2n) is 10.6. The number of carbonyl (C=O) groups excluding carboxylic acids is 3. The molecule has 0 spiro atoms. The molecule has 4 rings (SSSR count). The van der Waals surface area contributed by atoms with Gasteiger partial charge in [-0.2, -0.15) is 0 Å². The summed E-state index contributed by atoms with van der Waals surface area (Å²) in [6.45, 7) is 8.65. The van der Waals surface area contributed by atoms with Crippen LogP contribution in [0.4, 0.5) is 4.39 Å². The van der Waals surface area contributed by atoms with E-state index in [2.05, 4.69) is 15.8 Å². The van der Waals surface area contributed by atoms with E-state index in [1.807, 2.05) is 13.8 Å². The number of benzene rings is 1. The van der Waals surface area contributed by atoms with Gasteiger partial charge >= 0.3 is 0 Å². The Hall–Kier alpha value is -3.27. The molecule has 3 N–H and O–H groups in total. The summed E-state index contributed by atoms with van der Waals surface area (Å²) in [4.78, 5) is 40.3. The molecule has 0 unspecified atom stereocenters. The minimum absolute atomic E-state index is 0.108. The summed E-state index contributed by atoms with van der Waals surface area (Å²) < 4.78 is 20.0. The average Bonchev–Trinajstić information content (AvgIpc) is 3.24. The molecule has 1 saturated heterocycles. The number of hydrogen-bond acceptors (Lipinski definition) is 6. The molecule has 3 amide bonds.